The van der Waals surface area contributed by atoms with Gasteiger partial charge in [0.15, 0.2) is 5.92 Å². The van der Waals surface area contributed by atoms with Gasteiger partial charge >= 0.3 is 11.9 Å². The Bertz CT molecular complexity index is 972. The van der Waals surface area contributed by atoms with Crippen molar-refractivity contribution in [3.63, 3.8) is 0 Å². The van der Waals surface area contributed by atoms with Crippen LogP contribution in [0.3, 0.4) is 0 Å². The molecule has 2 heterocycles. The van der Waals surface area contributed by atoms with Gasteiger partial charge in [0.2, 0.25) is 11.8 Å². The number of anilines is 1. The van der Waals surface area contributed by atoms with Gasteiger partial charge in [0, 0.05) is 5.69 Å². The minimum atomic E-state index is -1.83. The van der Waals surface area contributed by atoms with Gasteiger partial charge in [0.25, 0.3) is 0 Å². The number of carbonyl (C=O) groups excluding carboxylic acids is 3. The summed E-state index contributed by atoms with van der Waals surface area (Å²) < 4.78 is 16.4. The van der Waals surface area contributed by atoms with Crippen molar-refractivity contribution in [1.82, 2.24) is 0 Å². The normalized spacial score (nSPS) is 23.2. The highest BCUT2D eigenvalue weighted by Gasteiger charge is 2.65. The van der Waals surface area contributed by atoms with Crippen molar-refractivity contribution < 1.29 is 28.6 Å². The Morgan fingerprint density at radius 3 is 2.47 bits per heavy atom. The summed E-state index contributed by atoms with van der Waals surface area (Å²) >= 11 is 0. The number of nitrogens with one attached hydrogen (secondary N) is 2. The second-order valence-corrected chi connectivity index (χ2v) is 8.63. The second kappa shape index (κ2) is 7.27. The largest absolute Gasteiger partial charge is 0.462 e. The summed E-state index contributed by atoms with van der Waals surface area (Å²) in [4.78, 5) is 39.8. The quantitative estimate of drug-likeness (QED) is 0.735. The van der Waals surface area contributed by atoms with E-state index in [1.807, 2.05) is 0 Å². The molecule has 0 aromatic heterocycles. The SMILES string of the molecule is CC1=C(C(=O)OC(C)(C)C)C2(C(=O)Nc3ccccc32)C(C(=O)OC(C)C)C(=N)O1. The average Bonchev–Trinajstić information content (AvgIpc) is 2.85. The zero-order valence-electron chi connectivity index (χ0n) is 17.9. The number of ether oxygens (including phenoxy) is 3. The highest BCUT2D eigenvalue weighted by atomic mass is 16.6. The topological polar surface area (TPSA) is 115 Å². The van der Waals surface area contributed by atoms with Gasteiger partial charge in [-0.3, -0.25) is 15.0 Å². The first-order chi connectivity index (χ1) is 13.9. The predicted molar refractivity (Wildman–Crippen MR) is 109 cm³/mol. The molecule has 1 aromatic rings. The van der Waals surface area contributed by atoms with E-state index in [0.29, 0.717) is 11.3 Å². The first-order valence-electron chi connectivity index (χ1n) is 9.72. The van der Waals surface area contributed by atoms with Crippen LogP contribution in [0.25, 0.3) is 0 Å². The summed E-state index contributed by atoms with van der Waals surface area (Å²) in [6, 6.07) is 6.76. The molecule has 0 saturated heterocycles. The fourth-order valence-electron chi connectivity index (χ4n) is 3.93. The lowest BCUT2D eigenvalue weighted by atomic mass is 9.64. The molecule has 0 radical (unpaired) electrons. The van der Waals surface area contributed by atoms with E-state index in [-0.39, 0.29) is 11.3 Å². The molecule has 8 heteroatoms. The first kappa shape index (κ1) is 21.5. The number of fused-ring (bicyclic) bond motifs is 2. The summed E-state index contributed by atoms with van der Waals surface area (Å²) in [5, 5.41) is 11.1. The van der Waals surface area contributed by atoms with Gasteiger partial charge in [-0.25, -0.2) is 4.79 Å². The molecule has 0 aliphatic carbocycles. The Hall–Kier alpha value is -3.16. The Morgan fingerprint density at radius 1 is 1.23 bits per heavy atom. The van der Waals surface area contributed by atoms with Crippen molar-refractivity contribution in [3.05, 3.63) is 41.2 Å². The number of para-hydroxylation sites is 1. The van der Waals surface area contributed by atoms with E-state index in [0.717, 1.165) is 0 Å². The van der Waals surface area contributed by atoms with Crippen LogP contribution in [-0.4, -0.2) is 35.4 Å². The van der Waals surface area contributed by atoms with Gasteiger partial charge < -0.3 is 19.5 Å². The predicted octanol–water partition coefficient (Wildman–Crippen LogP) is 3.07. The third kappa shape index (κ3) is 3.36. The fourth-order valence-corrected chi connectivity index (χ4v) is 3.93. The molecule has 2 unspecified atom stereocenters. The lowest BCUT2D eigenvalue weighted by Crippen LogP contribution is -2.56. The van der Waals surface area contributed by atoms with E-state index >= 15 is 0 Å². The number of carbonyl (C=O) groups is 3. The van der Waals surface area contributed by atoms with Crippen LogP contribution >= 0.6 is 0 Å². The van der Waals surface area contributed by atoms with Crippen LogP contribution in [0.2, 0.25) is 0 Å². The molecular weight excluding hydrogens is 388 g/mol. The number of rotatable bonds is 3. The van der Waals surface area contributed by atoms with E-state index in [4.69, 9.17) is 19.6 Å². The van der Waals surface area contributed by atoms with Crippen molar-refractivity contribution in [2.24, 2.45) is 5.92 Å². The Morgan fingerprint density at radius 2 is 1.87 bits per heavy atom. The maximum Gasteiger partial charge on any atom is 0.339 e. The van der Waals surface area contributed by atoms with Crippen LogP contribution in [0, 0.1) is 11.3 Å². The molecule has 2 aliphatic rings. The number of allylic oxidation sites excluding steroid dienone is 1. The van der Waals surface area contributed by atoms with E-state index in [1.54, 1.807) is 58.9 Å². The van der Waals surface area contributed by atoms with E-state index in [1.165, 1.54) is 6.92 Å². The molecule has 0 fully saturated rings. The molecule has 1 amide bonds. The molecule has 1 aromatic carbocycles. The molecule has 0 bridgehead atoms. The molecular formula is C22H26N2O6. The zero-order chi connectivity index (χ0) is 22.4. The standard InChI is InChI=1S/C22H26N2O6/c1-11(2)28-18(25)16-17(23)29-12(3)15(19(26)30-21(4,5)6)22(16)13-9-7-8-10-14(13)24-20(22)27/h7-11,16,23H,1-6H3,(H,24,27). The van der Waals surface area contributed by atoms with Crippen molar-refractivity contribution in [1.29, 1.82) is 5.41 Å². The number of benzene rings is 1. The van der Waals surface area contributed by atoms with Crippen LogP contribution in [0.1, 0.15) is 47.1 Å². The zero-order valence-corrected chi connectivity index (χ0v) is 17.9. The van der Waals surface area contributed by atoms with Crippen molar-refractivity contribution in [3.8, 4) is 0 Å². The molecule has 1 spiro atoms. The monoisotopic (exact) mass is 414 g/mol. The molecule has 2 aliphatic heterocycles. The number of esters is 2. The first-order valence-corrected chi connectivity index (χ1v) is 9.72. The number of amides is 1. The lowest BCUT2D eigenvalue weighted by molar-refractivity contribution is -0.157. The summed E-state index contributed by atoms with van der Waals surface area (Å²) in [7, 11) is 0. The molecule has 3 rings (SSSR count). The van der Waals surface area contributed by atoms with Crippen LogP contribution in [-0.2, 0) is 34.0 Å². The van der Waals surface area contributed by atoms with Crippen molar-refractivity contribution in [2.45, 2.75) is 58.7 Å². The van der Waals surface area contributed by atoms with E-state index in [2.05, 4.69) is 5.32 Å². The Balaban J connectivity index is 2.32. The van der Waals surface area contributed by atoms with Gasteiger partial charge in [-0.1, -0.05) is 18.2 Å². The molecule has 8 nitrogen and oxygen atoms in total. The van der Waals surface area contributed by atoms with Gasteiger partial charge in [-0.05, 0) is 53.2 Å². The molecule has 2 N–H and O–H groups in total. The fraction of sp³-hybridized carbons (Fsp3) is 0.455. The lowest BCUT2D eigenvalue weighted by Gasteiger charge is -2.40. The Labute approximate surface area is 175 Å². The van der Waals surface area contributed by atoms with Crippen LogP contribution < -0.4 is 5.32 Å². The summed E-state index contributed by atoms with van der Waals surface area (Å²) in [5.74, 6) is -4.12. The minimum Gasteiger partial charge on any atom is -0.462 e. The third-order valence-corrected chi connectivity index (χ3v) is 4.85. The van der Waals surface area contributed by atoms with Crippen LogP contribution in [0.5, 0.6) is 0 Å². The van der Waals surface area contributed by atoms with Crippen molar-refractivity contribution >= 4 is 29.4 Å². The van der Waals surface area contributed by atoms with Gasteiger partial charge in [0.05, 0.1) is 11.7 Å². The minimum absolute atomic E-state index is 0.0368. The van der Waals surface area contributed by atoms with E-state index in [9.17, 15) is 14.4 Å². The molecule has 0 saturated carbocycles. The second-order valence-electron chi connectivity index (χ2n) is 8.63. The van der Waals surface area contributed by atoms with Crippen LogP contribution in [0.4, 0.5) is 5.69 Å². The van der Waals surface area contributed by atoms with E-state index < -0.39 is 46.8 Å². The van der Waals surface area contributed by atoms with Gasteiger partial charge in [-0.15, -0.1) is 0 Å². The molecule has 160 valence electrons. The Kier molecular flexibility index (Phi) is 5.22. The maximum absolute atomic E-state index is 13.5. The summed E-state index contributed by atoms with van der Waals surface area (Å²) in [5.41, 5.74) is -1.94. The molecule has 30 heavy (non-hydrogen) atoms. The van der Waals surface area contributed by atoms with Gasteiger partial charge in [0.1, 0.15) is 16.8 Å². The summed E-state index contributed by atoms with van der Waals surface area (Å²) in [6.07, 6.45) is -0.487. The van der Waals surface area contributed by atoms with Gasteiger partial charge in [-0.2, -0.15) is 0 Å². The summed E-state index contributed by atoms with van der Waals surface area (Å²) in [6.45, 7) is 9.91. The van der Waals surface area contributed by atoms with Crippen LogP contribution in [0.15, 0.2) is 35.6 Å². The number of hydrogen-bond donors (Lipinski definition) is 2. The van der Waals surface area contributed by atoms with Crippen molar-refractivity contribution in [2.75, 3.05) is 5.32 Å². The average molecular weight is 414 g/mol. The highest BCUT2D eigenvalue weighted by Crippen LogP contribution is 2.52. The third-order valence-electron chi connectivity index (χ3n) is 4.85. The highest BCUT2D eigenvalue weighted by molar-refractivity contribution is 6.21. The molecule has 2 atom stereocenters. The smallest absolute Gasteiger partial charge is 0.339 e. The number of hydrogen-bond acceptors (Lipinski definition) is 7. The maximum atomic E-state index is 13.5.